The van der Waals surface area contributed by atoms with E-state index in [0.717, 1.165) is 125 Å². The van der Waals surface area contributed by atoms with Crippen molar-refractivity contribution >= 4 is 33.7 Å². The van der Waals surface area contributed by atoms with Gasteiger partial charge < -0.3 is 55.4 Å². The Hall–Kier alpha value is -6.12. The number of aromatic nitrogens is 4. The number of hydrogen-bond acceptors (Lipinski definition) is 13. The summed E-state index contributed by atoms with van der Waals surface area (Å²) in [6.07, 6.45) is 15.8. The summed E-state index contributed by atoms with van der Waals surface area (Å²) in [5.74, 6) is 3.61. The number of rotatable bonds is 1. The number of H-pyrrole nitrogens is 2. The van der Waals surface area contributed by atoms with E-state index >= 15 is 9.59 Å². The van der Waals surface area contributed by atoms with Crippen molar-refractivity contribution in [2.45, 2.75) is 189 Å². The highest BCUT2D eigenvalue weighted by molar-refractivity contribution is 6.34. The maximum Gasteiger partial charge on any atom is 0.261 e. The fraction of sp³-hybridized carbons (Fsp3) is 0.552. The summed E-state index contributed by atoms with van der Waals surface area (Å²) in [7, 11) is 0. The molecule has 0 amide bonds. The van der Waals surface area contributed by atoms with E-state index in [1.165, 1.54) is 11.6 Å². The number of aromatic amines is 2. The second-order valence-electron chi connectivity index (χ2n) is 28.3. The van der Waals surface area contributed by atoms with E-state index in [1.54, 1.807) is 43.7 Å². The molecular formula is C67H69N5O10. The van der Waals surface area contributed by atoms with Crippen LogP contribution in [0, 0.1) is 51.8 Å². The zero-order valence-corrected chi connectivity index (χ0v) is 46.2. The molecular weight excluding hydrogens is 1030 g/mol. The summed E-state index contributed by atoms with van der Waals surface area (Å²) >= 11 is 0. The Morgan fingerprint density at radius 3 is 2.44 bits per heavy atom. The van der Waals surface area contributed by atoms with E-state index in [2.05, 4.69) is 27.1 Å². The number of aliphatic hydroxyl groups excluding tert-OH is 5. The van der Waals surface area contributed by atoms with Gasteiger partial charge in [-0.15, -0.1) is 5.92 Å². The Kier molecular flexibility index (Phi) is 9.50. The minimum Gasteiger partial charge on any atom is -0.507 e. The maximum absolute atomic E-state index is 15.5. The molecule has 15 aliphatic rings. The predicted octanol–water partition coefficient (Wildman–Crippen LogP) is 8.54. The summed E-state index contributed by atoms with van der Waals surface area (Å²) in [5.41, 5.74) is 1.77. The van der Waals surface area contributed by atoms with Gasteiger partial charge in [0, 0.05) is 87.2 Å². The Labute approximate surface area is 474 Å². The number of pyridine rings is 1. The number of phenolic OH excluding ortho intramolecular Hbond substituents is 1. The van der Waals surface area contributed by atoms with Crippen molar-refractivity contribution in [1.82, 2.24) is 19.9 Å². The van der Waals surface area contributed by atoms with E-state index in [9.17, 15) is 30.6 Å². The molecule has 13 atom stereocenters. The Bertz CT molecular complexity index is 3890. The molecule has 12 bridgehead atoms. The van der Waals surface area contributed by atoms with Gasteiger partial charge in [0.15, 0.2) is 17.5 Å². The summed E-state index contributed by atoms with van der Waals surface area (Å²) in [4.78, 5) is 48.4. The number of aryl methyl sites for hydroxylation is 1. The first kappa shape index (κ1) is 49.3. The molecule has 15 heteroatoms. The summed E-state index contributed by atoms with van der Waals surface area (Å²) in [6.45, 7) is 1.74. The number of imidazole rings is 1. The van der Waals surface area contributed by atoms with Gasteiger partial charge in [0.05, 0.1) is 35.1 Å². The third-order valence-electron chi connectivity index (χ3n) is 25.1. The molecule has 6 fully saturated rings. The maximum atomic E-state index is 15.5. The van der Waals surface area contributed by atoms with Gasteiger partial charge in [-0.05, 0) is 165 Å². The third-order valence-corrected chi connectivity index (χ3v) is 25.1. The average molecular weight is 1100 g/mol. The molecule has 82 heavy (non-hydrogen) atoms. The zero-order valence-electron chi connectivity index (χ0n) is 46.2. The van der Waals surface area contributed by atoms with Gasteiger partial charge in [-0.1, -0.05) is 50.0 Å². The second kappa shape index (κ2) is 15.8. The van der Waals surface area contributed by atoms with Crippen LogP contribution in [0.15, 0.2) is 60.2 Å². The highest BCUT2D eigenvalue weighted by Gasteiger charge is 2.78. The number of aliphatic hydroxyl groups is 5. The lowest BCUT2D eigenvalue weighted by atomic mass is 9.47. The molecule has 9 N–H and O–H groups in total. The number of carbonyl (C=O) groups excluding carboxylic acids is 2. The average Bonchev–Trinajstić information content (AvgIpc) is 1.89. The lowest BCUT2D eigenvalue weighted by Gasteiger charge is -2.64. The van der Waals surface area contributed by atoms with Crippen LogP contribution in [-0.4, -0.2) is 111 Å². The first-order chi connectivity index (χ1) is 39.6. The van der Waals surface area contributed by atoms with Crippen LogP contribution >= 0.6 is 0 Å². The van der Waals surface area contributed by atoms with Crippen molar-refractivity contribution < 1.29 is 49.7 Å². The monoisotopic (exact) mass is 1100 g/mol. The number of nitrogens with zero attached hydrogens (tertiary/aromatic N) is 2. The van der Waals surface area contributed by atoms with E-state index < -0.39 is 75.6 Å². The van der Waals surface area contributed by atoms with Gasteiger partial charge in [0.2, 0.25) is 5.78 Å². The van der Waals surface area contributed by atoms with Crippen molar-refractivity contribution in [1.29, 1.82) is 0 Å². The lowest BCUT2D eigenvalue weighted by Crippen LogP contribution is -2.79. The summed E-state index contributed by atoms with van der Waals surface area (Å²) < 4.78 is 15.2. The van der Waals surface area contributed by atoms with Crippen LogP contribution in [-0.2, 0) is 16.6 Å². The molecule has 4 aliphatic heterocycles. The molecule has 20 rings (SSSR count). The first-order valence-corrected chi connectivity index (χ1v) is 30.7. The number of hydrogen-bond donors (Lipinski definition) is 9. The number of phenols is 1. The molecule has 422 valence electrons. The van der Waals surface area contributed by atoms with E-state index in [1.807, 2.05) is 6.20 Å². The van der Waals surface area contributed by atoms with Gasteiger partial charge in [-0.3, -0.25) is 9.59 Å². The number of nitrogens with one attached hydrogen (secondary N) is 3. The van der Waals surface area contributed by atoms with Crippen LogP contribution in [0.25, 0.3) is 16.3 Å². The van der Waals surface area contributed by atoms with Crippen molar-refractivity contribution in [2.24, 2.45) is 33.0 Å². The number of ketones is 2. The predicted molar refractivity (Wildman–Crippen MR) is 300 cm³/mol. The van der Waals surface area contributed by atoms with Crippen molar-refractivity contribution in [3.63, 3.8) is 0 Å². The van der Waals surface area contributed by atoms with Crippen LogP contribution in [0.1, 0.15) is 194 Å². The normalized spacial score (nSPS) is 39.7. The molecule has 13 unspecified atom stereocenters. The van der Waals surface area contributed by atoms with Crippen molar-refractivity contribution in [3.8, 4) is 23.3 Å². The van der Waals surface area contributed by atoms with Gasteiger partial charge in [0.1, 0.15) is 29.5 Å². The highest BCUT2D eigenvalue weighted by Crippen LogP contribution is 2.79. The quantitative estimate of drug-likeness (QED) is 0.0702. The fourth-order valence-corrected chi connectivity index (χ4v) is 22.0. The molecule has 5 saturated carbocycles. The van der Waals surface area contributed by atoms with Crippen molar-refractivity contribution in [2.75, 3.05) is 11.9 Å². The SMILES string of the molecule is Cc1cc(O)c2c(c1)C(=O)c1c(c3cc4c(nccc14)NCC(O)C14CC5(CCCC5)C5C#CCC67CCCCC6(c6cnc[nH]6)c6[nH]c(c(c6CC7)C51)C1=CC5(O3)OC3(C1=C4CC1(CCC4(CCCC4)C1)C3O)C(O)C(O)C5O)C2=O. The number of aromatic hydroxyl groups is 1. The third kappa shape index (κ3) is 5.51. The Morgan fingerprint density at radius 1 is 0.817 bits per heavy atom. The van der Waals surface area contributed by atoms with Gasteiger partial charge in [-0.2, -0.15) is 0 Å². The molecule has 7 spiro atoms. The van der Waals surface area contributed by atoms with Gasteiger partial charge in [-0.25, -0.2) is 9.97 Å². The second-order valence-corrected chi connectivity index (χ2v) is 28.3. The van der Waals surface area contributed by atoms with Gasteiger partial charge in [0.25, 0.3) is 5.79 Å². The minimum absolute atomic E-state index is 0.00492. The zero-order chi connectivity index (χ0) is 55.5. The summed E-state index contributed by atoms with van der Waals surface area (Å²) in [5, 5.41) is 84.9. The Morgan fingerprint density at radius 2 is 1.62 bits per heavy atom. The Balaban J connectivity index is 1.01. The van der Waals surface area contributed by atoms with Crippen LogP contribution < -0.4 is 10.1 Å². The van der Waals surface area contributed by atoms with Crippen LogP contribution in [0.4, 0.5) is 5.82 Å². The molecule has 3 aromatic heterocycles. The summed E-state index contributed by atoms with van der Waals surface area (Å²) in [6, 6.07) is 6.31. The number of ether oxygens (including phenoxy) is 2. The topological polar surface area (TPSA) is 243 Å². The molecule has 0 radical (unpaired) electrons. The number of fused-ring (bicyclic) bond motifs is 7. The largest absolute Gasteiger partial charge is 0.507 e. The van der Waals surface area contributed by atoms with Crippen LogP contribution in [0.3, 0.4) is 0 Å². The molecule has 1 saturated heterocycles. The van der Waals surface area contributed by atoms with E-state index in [4.69, 9.17) is 19.4 Å². The van der Waals surface area contributed by atoms with E-state index in [-0.39, 0.29) is 62.5 Å². The highest BCUT2D eigenvalue weighted by atomic mass is 16.7. The van der Waals surface area contributed by atoms with Crippen LogP contribution in [0.5, 0.6) is 11.5 Å². The molecule has 5 aromatic rings. The van der Waals surface area contributed by atoms with Crippen LogP contribution in [0.2, 0.25) is 0 Å². The minimum atomic E-state index is -2.48. The number of carbonyl (C=O) groups is 2. The van der Waals surface area contributed by atoms with E-state index in [0.29, 0.717) is 65.4 Å². The smallest absolute Gasteiger partial charge is 0.261 e. The lowest BCUT2D eigenvalue weighted by molar-refractivity contribution is -0.366. The fourth-order valence-electron chi connectivity index (χ4n) is 22.0. The van der Waals surface area contributed by atoms with Crippen molar-refractivity contribution in [3.05, 3.63) is 116 Å². The first-order valence-electron chi connectivity index (χ1n) is 30.7. The standard InChI is InChI=1S/C67H69N5O10/c1-33-23-37-45(41(73)24-33)53(76)48-42-25-36-34(46(48)52(37)75)11-22-69-58(36)70-29-44(74)64-31-61(14-4-5-15-61)39-9-8-17-63-16-6-7-18-65(63,43-28-68-32-71-43)55-35(10-19-63)47(50(39)64)51(72-55)38-26-66(81-42)56(78)54(77)57(79)67(82-66)49(38)40(64)27-62(59(67)80)21-20-60(30-62)12-2-3-13-60/h11,22-26,28,32,39,44,50,54,56-57,59,72-74,77-80H,2-7,10,12-21,27,29-31H2,1H3,(H,68,71)(H,69,70). The molecule has 15 nitrogen and oxygen atoms in total. The molecule has 7 heterocycles. The van der Waals surface area contributed by atoms with Gasteiger partial charge >= 0.3 is 0 Å². The molecule has 11 aliphatic carbocycles. The number of anilines is 1. The molecule has 2 aromatic carbocycles. The number of benzene rings is 2.